The zero-order chi connectivity index (χ0) is 24.2. The number of carbonyl (C=O) groups is 3. The average Bonchev–Trinajstić information content (AvgIpc) is 3.11. The maximum atomic E-state index is 13.0. The Bertz CT molecular complexity index is 994. The standard InChI is InChI=1S/C25H30N2O6/c1-16(22(28)29)13-27(3)23(30)25(2,15-32-4)26-24(31)33-14-21-19-11-7-5-9-17(19)18-10-6-8-12-20(18)21/h5-12,16,21H,13-15H2,1-4H3,(H,26,31)(H,28,29). The van der Waals surface area contributed by atoms with Crippen LogP contribution in [0.5, 0.6) is 0 Å². The van der Waals surface area contributed by atoms with Crippen LogP contribution in [0.4, 0.5) is 4.79 Å². The topological polar surface area (TPSA) is 105 Å². The van der Waals surface area contributed by atoms with Gasteiger partial charge in [0, 0.05) is 26.6 Å². The number of methoxy groups -OCH3 is 1. The van der Waals surface area contributed by atoms with Crippen molar-refractivity contribution < 1.29 is 29.0 Å². The molecule has 1 aliphatic carbocycles. The van der Waals surface area contributed by atoms with Crippen molar-refractivity contribution in [1.82, 2.24) is 10.2 Å². The number of ether oxygens (including phenoxy) is 2. The maximum Gasteiger partial charge on any atom is 0.408 e. The summed E-state index contributed by atoms with van der Waals surface area (Å²) in [6.45, 7) is 3.06. The van der Waals surface area contributed by atoms with Crippen LogP contribution < -0.4 is 5.32 Å². The molecule has 0 fully saturated rings. The summed E-state index contributed by atoms with van der Waals surface area (Å²) in [5.41, 5.74) is 3.00. The Balaban J connectivity index is 1.69. The Morgan fingerprint density at radius 3 is 2.15 bits per heavy atom. The number of nitrogens with zero attached hydrogens (tertiary/aromatic N) is 1. The molecule has 2 atom stereocenters. The molecule has 2 aromatic carbocycles. The normalized spacial score (nSPS) is 15.0. The second-order valence-corrected chi connectivity index (χ2v) is 8.64. The monoisotopic (exact) mass is 454 g/mol. The van der Waals surface area contributed by atoms with Gasteiger partial charge in [-0.2, -0.15) is 0 Å². The summed E-state index contributed by atoms with van der Waals surface area (Å²) in [5.74, 6) is -2.33. The summed E-state index contributed by atoms with van der Waals surface area (Å²) in [6, 6.07) is 16.0. The summed E-state index contributed by atoms with van der Waals surface area (Å²) in [4.78, 5) is 38.2. The van der Waals surface area contributed by atoms with Gasteiger partial charge in [-0.25, -0.2) is 4.79 Å². The Kier molecular flexibility index (Phi) is 7.38. The van der Waals surface area contributed by atoms with Gasteiger partial charge in [0.1, 0.15) is 12.1 Å². The highest BCUT2D eigenvalue weighted by molar-refractivity contribution is 5.90. The minimum Gasteiger partial charge on any atom is -0.481 e. The van der Waals surface area contributed by atoms with Gasteiger partial charge in [0.2, 0.25) is 5.91 Å². The van der Waals surface area contributed by atoms with Crippen molar-refractivity contribution in [2.45, 2.75) is 25.3 Å². The third kappa shape index (κ3) is 5.17. The number of alkyl carbamates (subject to hydrolysis) is 1. The average molecular weight is 455 g/mol. The molecule has 0 heterocycles. The number of rotatable bonds is 9. The molecule has 0 spiro atoms. The van der Waals surface area contributed by atoms with Crippen LogP contribution in [0.1, 0.15) is 30.9 Å². The van der Waals surface area contributed by atoms with E-state index in [4.69, 9.17) is 14.6 Å². The molecule has 176 valence electrons. The van der Waals surface area contributed by atoms with Crippen molar-refractivity contribution in [2.24, 2.45) is 5.92 Å². The first-order valence-electron chi connectivity index (χ1n) is 10.8. The van der Waals surface area contributed by atoms with Crippen molar-refractivity contribution in [3.05, 3.63) is 59.7 Å². The van der Waals surface area contributed by atoms with Crippen LogP contribution in [0.2, 0.25) is 0 Å². The SMILES string of the molecule is COCC(C)(NC(=O)OCC1c2ccccc2-c2ccccc21)C(=O)N(C)CC(C)C(=O)O. The molecule has 0 aliphatic heterocycles. The Morgan fingerprint density at radius 2 is 1.64 bits per heavy atom. The number of amides is 2. The molecule has 2 unspecified atom stereocenters. The first-order chi connectivity index (χ1) is 15.7. The van der Waals surface area contributed by atoms with Crippen LogP contribution in [0.3, 0.4) is 0 Å². The van der Waals surface area contributed by atoms with Crippen molar-refractivity contribution in [2.75, 3.05) is 33.9 Å². The molecule has 33 heavy (non-hydrogen) atoms. The molecule has 3 rings (SSSR count). The number of carbonyl (C=O) groups excluding carboxylic acids is 2. The Morgan fingerprint density at radius 1 is 1.09 bits per heavy atom. The summed E-state index contributed by atoms with van der Waals surface area (Å²) < 4.78 is 10.7. The number of fused-ring (bicyclic) bond motifs is 3. The fourth-order valence-electron chi connectivity index (χ4n) is 4.29. The summed E-state index contributed by atoms with van der Waals surface area (Å²) in [5, 5.41) is 11.7. The molecular weight excluding hydrogens is 424 g/mol. The molecule has 0 aromatic heterocycles. The molecule has 0 bridgehead atoms. The van der Waals surface area contributed by atoms with Crippen molar-refractivity contribution in [3.63, 3.8) is 0 Å². The van der Waals surface area contributed by atoms with Gasteiger partial charge < -0.3 is 24.8 Å². The highest BCUT2D eigenvalue weighted by Crippen LogP contribution is 2.44. The van der Waals surface area contributed by atoms with Crippen LogP contribution in [0.25, 0.3) is 11.1 Å². The molecule has 1 aliphatic rings. The number of benzene rings is 2. The summed E-state index contributed by atoms with van der Waals surface area (Å²) in [6.07, 6.45) is -0.746. The molecule has 8 nitrogen and oxygen atoms in total. The largest absolute Gasteiger partial charge is 0.481 e. The van der Waals surface area contributed by atoms with E-state index in [1.54, 1.807) is 0 Å². The smallest absolute Gasteiger partial charge is 0.408 e. The number of carboxylic acids is 1. The van der Waals surface area contributed by atoms with Gasteiger partial charge in [-0.1, -0.05) is 55.5 Å². The quantitative estimate of drug-likeness (QED) is 0.603. The van der Waals surface area contributed by atoms with E-state index >= 15 is 0 Å². The van der Waals surface area contributed by atoms with Gasteiger partial charge in [0.25, 0.3) is 0 Å². The van der Waals surface area contributed by atoms with E-state index in [9.17, 15) is 14.4 Å². The van der Waals surface area contributed by atoms with Gasteiger partial charge in [-0.15, -0.1) is 0 Å². The number of nitrogens with one attached hydrogen (secondary N) is 1. The van der Waals surface area contributed by atoms with E-state index in [2.05, 4.69) is 17.4 Å². The highest BCUT2D eigenvalue weighted by Gasteiger charge is 2.39. The number of likely N-dealkylation sites (N-methyl/N-ethyl adjacent to an activating group) is 1. The molecular formula is C25H30N2O6. The van der Waals surface area contributed by atoms with E-state index in [1.807, 2.05) is 36.4 Å². The highest BCUT2D eigenvalue weighted by atomic mass is 16.5. The minimum atomic E-state index is -1.41. The van der Waals surface area contributed by atoms with Crippen LogP contribution in [-0.2, 0) is 19.1 Å². The van der Waals surface area contributed by atoms with Crippen LogP contribution >= 0.6 is 0 Å². The maximum absolute atomic E-state index is 13.0. The van der Waals surface area contributed by atoms with Crippen molar-refractivity contribution in [3.8, 4) is 11.1 Å². The van der Waals surface area contributed by atoms with E-state index in [0.29, 0.717) is 0 Å². The first kappa shape index (κ1) is 24.3. The number of carboxylic acid groups (broad SMARTS) is 1. The third-order valence-electron chi connectivity index (χ3n) is 5.94. The molecule has 2 N–H and O–H groups in total. The number of hydrogen-bond acceptors (Lipinski definition) is 5. The van der Waals surface area contributed by atoms with Gasteiger partial charge in [0.05, 0.1) is 12.5 Å². The number of aliphatic carboxylic acids is 1. The van der Waals surface area contributed by atoms with E-state index in [-0.39, 0.29) is 25.7 Å². The lowest BCUT2D eigenvalue weighted by molar-refractivity contribution is -0.144. The summed E-state index contributed by atoms with van der Waals surface area (Å²) in [7, 11) is 2.92. The minimum absolute atomic E-state index is 0.000158. The predicted octanol–water partition coefficient (Wildman–Crippen LogP) is 3.11. The zero-order valence-electron chi connectivity index (χ0n) is 19.3. The lowest BCUT2D eigenvalue weighted by Crippen LogP contribution is -2.60. The third-order valence-corrected chi connectivity index (χ3v) is 5.94. The molecule has 0 saturated heterocycles. The van der Waals surface area contributed by atoms with Crippen LogP contribution in [0.15, 0.2) is 48.5 Å². The molecule has 2 amide bonds. The van der Waals surface area contributed by atoms with Gasteiger partial charge in [-0.05, 0) is 29.2 Å². The van der Waals surface area contributed by atoms with Gasteiger partial charge >= 0.3 is 12.1 Å². The van der Waals surface area contributed by atoms with Gasteiger partial charge in [0.15, 0.2) is 0 Å². The zero-order valence-corrected chi connectivity index (χ0v) is 19.3. The summed E-state index contributed by atoms with van der Waals surface area (Å²) >= 11 is 0. The number of hydrogen-bond donors (Lipinski definition) is 2. The Labute approximate surface area is 193 Å². The fourth-order valence-corrected chi connectivity index (χ4v) is 4.29. The van der Waals surface area contributed by atoms with E-state index < -0.39 is 29.4 Å². The molecule has 0 radical (unpaired) electrons. The van der Waals surface area contributed by atoms with Crippen molar-refractivity contribution >= 4 is 18.0 Å². The Hall–Kier alpha value is -3.39. The second kappa shape index (κ2) is 10.0. The first-order valence-corrected chi connectivity index (χ1v) is 10.8. The van der Waals surface area contributed by atoms with Crippen molar-refractivity contribution in [1.29, 1.82) is 0 Å². The molecule has 8 heteroatoms. The van der Waals surface area contributed by atoms with E-state index in [1.165, 1.54) is 32.9 Å². The lowest BCUT2D eigenvalue weighted by Gasteiger charge is -2.33. The molecule has 2 aromatic rings. The lowest BCUT2D eigenvalue weighted by atomic mass is 9.98. The van der Waals surface area contributed by atoms with Gasteiger partial charge in [-0.3, -0.25) is 9.59 Å². The predicted molar refractivity (Wildman–Crippen MR) is 123 cm³/mol. The fraction of sp³-hybridized carbons (Fsp3) is 0.400. The second-order valence-electron chi connectivity index (χ2n) is 8.64. The molecule has 0 saturated carbocycles. The van der Waals surface area contributed by atoms with E-state index in [0.717, 1.165) is 22.3 Å². The van der Waals surface area contributed by atoms with Crippen LogP contribution in [-0.4, -0.2) is 67.4 Å². The van der Waals surface area contributed by atoms with Crippen LogP contribution in [0, 0.1) is 5.92 Å².